The highest BCUT2D eigenvalue weighted by Gasteiger charge is 2.41. The van der Waals surface area contributed by atoms with Gasteiger partial charge >= 0.3 is 5.91 Å². The van der Waals surface area contributed by atoms with Crippen molar-refractivity contribution >= 4 is 23.5 Å². The molecule has 0 spiro atoms. The molecule has 1 aliphatic heterocycles. The van der Waals surface area contributed by atoms with E-state index in [4.69, 9.17) is 4.84 Å². The Balaban J connectivity index is 1.51. The summed E-state index contributed by atoms with van der Waals surface area (Å²) in [6.07, 6.45) is 2.35. The zero-order valence-corrected chi connectivity index (χ0v) is 19.2. The van der Waals surface area contributed by atoms with Gasteiger partial charge in [-0.05, 0) is 30.4 Å². The van der Waals surface area contributed by atoms with Gasteiger partial charge in [0, 0.05) is 19.4 Å². The first kappa shape index (κ1) is 23.6. The second-order valence-electron chi connectivity index (χ2n) is 8.72. The topological polar surface area (TPSA) is 96.0 Å². The molecule has 1 aliphatic carbocycles. The van der Waals surface area contributed by atoms with E-state index >= 15 is 0 Å². The number of nitrogens with zero attached hydrogens (tertiary/aromatic N) is 2. The molecule has 8 heteroatoms. The third-order valence-electron chi connectivity index (χ3n) is 6.23. The molecule has 1 N–H and O–H groups in total. The average Bonchev–Trinajstić information content (AvgIpc) is 3.63. The van der Waals surface area contributed by atoms with Crippen LogP contribution >= 0.6 is 0 Å². The number of hydrogen-bond acceptors (Lipinski definition) is 5. The van der Waals surface area contributed by atoms with Crippen LogP contribution in [0.2, 0.25) is 0 Å². The molecule has 2 aliphatic rings. The van der Waals surface area contributed by atoms with Crippen LogP contribution in [-0.2, 0) is 37.0 Å². The van der Waals surface area contributed by atoms with Gasteiger partial charge in [0.2, 0.25) is 17.6 Å². The van der Waals surface area contributed by atoms with E-state index in [0.29, 0.717) is 13.0 Å². The van der Waals surface area contributed by atoms with Gasteiger partial charge in [0.1, 0.15) is 12.1 Å². The van der Waals surface area contributed by atoms with E-state index in [2.05, 4.69) is 5.32 Å². The van der Waals surface area contributed by atoms with Crippen LogP contribution in [0.4, 0.5) is 0 Å². The quantitative estimate of drug-likeness (QED) is 0.430. The number of benzene rings is 2. The summed E-state index contributed by atoms with van der Waals surface area (Å²) < 4.78 is 0. The maximum absolute atomic E-state index is 13.3. The maximum atomic E-state index is 13.3. The van der Waals surface area contributed by atoms with Crippen molar-refractivity contribution in [1.29, 1.82) is 0 Å². The molecule has 4 rings (SSSR count). The number of hydroxylamine groups is 2. The van der Waals surface area contributed by atoms with Gasteiger partial charge in [0.05, 0.1) is 13.2 Å². The monoisotopic (exact) mass is 463 g/mol. The van der Waals surface area contributed by atoms with Gasteiger partial charge in [0.15, 0.2) is 0 Å². The maximum Gasteiger partial charge on any atom is 0.315 e. The van der Waals surface area contributed by atoms with E-state index in [1.807, 2.05) is 60.7 Å². The number of likely N-dealkylation sites (tertiary alicyclic amines) is 1. The van der Waals surface area contributed by atoms with Gasteiger partial charge in [-0.25, -0.2) is 5.06 Å². The molecule has 0 radical (unpaired) electrons. The molecule has 2 fully saturated rings. The van der Waals surface area contributed by atoms with Gasteiger partial charge in [0.25, 0.3) is 0 Å². The molecule has 0 aromatic heterocycles. The molecule has 1 saturated heterocycles. The van der Waals surface area contributed by atoms with Crippen LogP contribution in [0, 0.1) is 0 Å². The van der Waals surface area contributed by atoms with Gasteiger partial charge in [-0.15, -0.1) is 0 Å². The molecule has 2 aromatic carbocycles. The first-order chi connectivity index (χ1) is 16.5. The van der Waals surface area contributed by atoms with E-state index in [-0.39, 0.29) is 24.8 Å². The third-order valence-corrected chi connectivity index (χ3v) is 6.23. The van der Waals surface area contributed by atoms with E-state index in [1.165, 1.54) is 7.11 Å². The Morgan fingerprint density at radius 3 is 2.21 bits per heavy atom. The number of carbonyl (C=O) groups is 4. The van der Waals surface area contributed by atoms with Crippen molar-refractivity contribution < 1.29 is 24.0 Å². The highest BCUT2D eigenvalue weighted by Crippen LogP contribution is 2.27. The van der Waals surface area contributed by atoms with Crippen LogP contribution in [0.3, 0.4) is 0 Å². The molecule has 1 saturated carbocycles. The minimum atomic E-state index is -1.06. The lowest BCUT2D eigenvalue weighted by Gasteiger charge is -2.27. The number of carbonyl (C=O) groups excluding carboxylic acids is 4. The number of ketones is 1. The fourth-order valence-corrected chi connectivity index (χ4v) is 4.28. The number of Topliss-reactive ketones (excluding diaryl/α,β-unsaturated/α-hetero) is 1. The summed E-state index contributed by atoms with van der Waals surface area (Å²) in [4.78, 5) is 58.6. The molecular formula is C26H29N3O5. The number of rotatable bonds is 10. The first-order valence-corrected chi connectivity index (χ1v) is 11.6. The van der Waals surface area contributed by atoms with Crippen LogP contribution in [-0.4, -0.2) is 58.7 Å². The zero-order chi connectivity index (χ0) is 24.1. The predicted octanol–water partition coefficient (Wildman–Crippen LogP) is 2.03. The summed E-state index contributed by atoms with van der Waals surface area (Å²) in [5, 5.41) is 3.88. The van der Waals surface area contributed by atoms with Crippen molar-refractivity contribution in [3.8, 4) is 0 Å². The molecule has 2 aromatic rings. The zero-order valence-electron chi connectivity index (χ0n) is 19.2. The molecule has 178 valence electrons. The number of hydrogen-bond donors (Lipinski definition) is 1. The van der Waals surface area contributed by atoms with Gasteiger partial charge in [-0.3, -0.25) is 24.0 Å². The van der Waals surface area contributed by atoms with Gasteiger partial charge < -0.3 is 10.2 Å². The molecule has 0 bridgehead atoms. The normalized spacial score (nSPS) is 18.4. The summed E-state index contributed by atoms with van der Waals surface area (Å²) in [6, 6.07) is 16.8. The van der Waals surface area contributed by atoms with Crippen LogP contribution in [0.5, 0.6) is 0 Å². The Labute approximate surface area is 198 Å². The molecule has 1 unspecified atom stereocenters. The van der Waals surface area contributed by atoms with Gasteiger partial charge in [-0.1, -0.05) is 60.7 Å². The van der Waals surface area contributed by atoms with Crippen molar-refractivity contribution in [2.24, 2.45) is 0 Å². The fraction of sp³-hybridized carbons (Fsp3) is 0.385. The Morgan fingerprint density at radius 1 is 1.00 bits per heavy atom. The van der Waals surface area contributed by atoms with Crippen molar-refractivity contribution in [2.75, 3.05) is 7.11 Å². The molecular weight excluding hydrogens is 434 g/mol. The summed E-state index contributed by atoms with van der Waals surface area (Å²) in [5.74, 6) is -2.04. The Hall–Kier alpha value is -3.52. The van der Waals surface area contributed by atoms with Crippen LogP contribution in [0.1, 0.15) is 36.8 Å². The molecule has 3 amide bonds. The average molecular weight is 464 g/mol. The van der Waals surface area contributed by atoms with Gasteiger partial charge in [-0.2, -0.15) is 0 Å². The van der Waals surface area contributed by atoms with Crippen LogP contribution in [0.15, 0.2) is 60.7 Å². The lowest BCUT2D eigenvalue weighted by molar-refractivity contribution is -0.182. The van der Waals surface area contributed by atoms with E-state index < -0.39 is 29.7 Å². The van der Waals surface area contributed by atoms with Crippen molar-refractivity contribution in [2.45, 2.75) is 56.8 Å². The highest BCUT2D eigenvalue weighted by molar-refractivity contribution is 6.38. The Bertz CT molecular complexity index is 1040. The third kappa shape index (κ3) is 5.51. The smallest absolute Gasteiger partial charge is 0.315 e. The van der Waals surface area contributed by atoms with Crippen LogP contribution in [0.25, 0.3) is 0 Å². The van der Waals surface area contributed by atoms with E-state index in [9.17, 15) is 19.2 Å². The minimum absolute atomic E-state index is 0.106. The Kier molecular flexibility index (Phi) is 7.37. The molecule has 34 heavy (non-hydrogen) atoms. The summed E-state index contributed by atoms with van der Waals surface area (Å²) in [5.41, 5.74) is 1.73. The summed E-state index contributed by atoms with van der Waals surface area (Å²) >= 11 is 0. The highest BCUT2D eigenvalue weighted by atomic mass is 16.7. The SMILES string of the molecule is CON(C(=O)C(=O)C(Cc1ccccc1)NC(=O)[C@H]1CCC(=O)N1Cc1ccccc1)C1CC1. The second kappa shape index (κ2) is 10.6. The van der Waals surface area contributed by atoms with Crippen molar-refractivity contribution in [1.82, 2.24) is 15.3 Å². The summed E-state index contributed by atoms with van der Waals surface area (Å²) in [6.45, 7) is 0.313. The summed E-state index contributed by atoms with van der Waals surface area (Å²) in [7, 11) is 1.36. The first-order valence-electron chi connectivity index (χ1n) is 11.6. The molecule has 2 atom stereocenters. The standard InChI is InChI=1S/C26H29N3O5/c1-34-29(20-12-13-20)26(33)24(31)21(16-18-8-4-2-5-9-18)27-25(32)22-14-15-23(30)28(22)17-19-10-6-3-7-11-19/h2-11,20-22H,12-17H2,1H3,(H,27,32)/t21?,22-/m1/s1. The molecule has 1 heterocycles. The van der Waals surface area contributed by atoms with E-state index in [1.54, 1.807) is 4.90 Å². The second-order valence-corrected chi connectivity index (χ2v) is 8.72. The van der Waals surface area contributed by atoms with E-state index in [0.717, 1.165) is 29.0 Å². The fourth-order valence-electron chi connectivity index (χ4n) is 4.28. The minimum Gasteiger partial charge on any atom is -0.344 e. The lowest BCUT2D eigenvalue weighted by Crippen LogP contribution is -2.54. The number of amides is 3. The van der Waals surface area contributed by atoms with Crippen molar-refractivity contribution in [3.63, 3.8) is 0 Å². The van der Waals surface area contributed by atoms with Crippen molar-refractivity contribution in [3.05, 3.63) is 71.8 Å². The largest absolute Gasteiger partial charge is 0.344 e. The number of nitrogens with one attached hydrogen (secondary N) is 1. The Morgan fingerprint density at radius 2 is 1.62 bits per heavy atom. The van der Waals surface area contributed by atoms with Crippen LogP contribution < -0.4 is 5.32 Å². The predicted molar refractivity (Wildman–Crippen MR) is 124 cm³/mol. The molecule has 8 nitrogen and oxygen atoms in total. The lowest BCUT2D eigenvalue weighted by atomic mass is 10.0.